The fraction of sp³-hybridized carbons (Fsp3) is 0.176. The van der Waals surface area contributed by atoms with Crippen LogP contribution in [0.4, 0.5) is 10.2 Å². The minimum absolute atomic E-state index is 0.102. The van der Waals surface area contributed by atoms with Crippen molar-refractivity contribution in [2.24, 2.45) is 0 Å². The number of carbonyl (C=O) groups excluding carboxylic acids is 2. The molecule has 0 radical (unpaired) electrons. The zero-order valence-electron chi connectivity index (χ0n) is 23.8. The van der Waals surface area contributed by atoms with E-state index in [1.54, 1.807) is 16.9 Å². The van der Waals surface area contributed by atoms with Crippen molar-refractivity contribution < 1.29 is 14.0 Å². The van der Waals surface area contributed by atoms with Crippen LogP contribution in [-0.2, 0) is 16.1 Å². The summed E-state index contributed by atoms with van der Waals surface area (Å²) in [6, 6.07) is 27.7. The molecule has 0 aliphatic carbocycles. The van der Waals surface area contributed by atoms with Gasteiger partial charge in [-0.2, -0.15) is 5.10 Å². The van der Waals surface area contributed by atoms with Gasteiger partial charge in [0.15, 0.2) is 0 Å². The van der Waals surface area contributed by atoms with Crippen molar-refractivity contribution in [3.05, 3.63) is 131 Å². The second kappa shape index (κ2) is 12.2. The number of amides is 2. The first-order valence-corrected chi connectivity index (χ1v) is 15.0. The number of anilines is 1. The molecular weight excluding hydrogens is 561 g/mol. The molecule has 2 amide bonds. The van der Waals surface area contributed by atoms with Crippen molar-refractivity contribution in [1.29, 1.82) is 0 Å². The van der Waals surface area contributed by atoms with Crippen LogP contribution in [0, 0.1) is 19.7 Å². The molecule has 6 rings (SSSR count). The molecule has 0 spiro atoms. The SMILES string of the molecule is Cc1cccc(-n2nc(-c3ccccc3)c3c2N(CC(=O)NCc2ccccn2)C(=O)CS[C@@H]3c2cccc(F)c2)c1C. The molecule has 3 heterocycles. The molecule has 0 saturated carbocycles. The summed E-state index contributed by atoms with van der Waals surface area (Å²) >= 11 is 1.41. The van der Waals surface area contributed by atoms with Gasteiger partial charge in [0.2, 0.25) is 11.8 Å². The van der Waals surface area contributed by atoms with Crippen LogP contribution in [0.2, 0.25) is 0 Å². The number of aryl methyl sites for hydroxylation is 1. The number of thioether (sulfide) groups is 1. The van der Waals surface area contributed by atoms with E-state index in [-0.39, 0.29) is 36.5 Å². The smallest absolute Gasteiger partial charge is 0.240 e. The Hall–Kier alpha value is -4.76. The predicted octanol–water partition coefficient (Wildman–Crippen LogP) is 6.18. The first-order chi connectivity index (χ1) is 20.9. The third kappa shape index (κ3) is 5.81. The van der Waals surface area contributed by atoms with E-state index in [9.17, 15) is 14.0 Å². The number of fused-ring (bicyclic) bond motifs is 1. The molecule has 3 aromatic carbocycles. The zero-order chi connectivity index (χ0) is 29.9. The molecule has 1 aliphatic rings. The molecule has 216 valence electrons. The Morgan fingerprint density at radius 3 is 2.56 bits per heavy atom. The molecule has 0 fully saturated rings. The van der Waals surface area contributed by atoms with E-state index in [0.29, 0.717) is 17.2 Å². The monoisotopic (exact) mass is 591 g/mol. The van der Waals surface area contributed by atoms with Gasteiger partial charge in [-0.15, -0.1) is 11.8 Å². The first kappa shape index (κ1) is 28.4. The van der Waals surface area contributed by atoms with Gasteiger partial charge in [0, 0.05) is 17.3 Å². The summed E-state index contributed by atoms with van der Waals surface area (Å²) in [6.07, 6.45) is 1.67. The van der Waals surface area contributed by atoms with Gasteiger partial charge in [0.05, 0.1) is 34.6 Å². The number of benzene rings is 3. The number of halogens is 1. The average Bonchev–Trinajstić information content (AvgIpc) is 3.34. The molecular formula is C34H30FN5O2S. The number of carbonyl (C=O) groups is 2. The molecule has 1 aliphatic heterocycles. The quantitative estimate of drug-likeness (QED) is 0.245. The Morgan fingerprint density at radius 2 is 1.79 bits per heavy atom. The highest BCUT2D eigenvalue weighted by Crippen LogP contribution is 2.48. The lowest BCUT2D eigenvalue weighted by Gasteiger charge is -2.24. The number of pyridine rings is 1. The standard InChI is InChI=1S/C34H30FN5O2S/c1-22-10-8-16-28(23(22)2)40-34-31(32(38-40)24-11-4-3-5-12-24)33(25-13-9-14-26(35)18-25)43-21-30(42)39(34)20-29(41)37-19-27-15-6-7-17-36-27/h3-18,33H,19-21H2,1-2H3,(H,37,41)/t33-/m1/s1. The second-order valence-corrected chi connectivity index (χ2v) is 11.5. The van der Waals surface area contributed by atoms with Gasteiger partial charge >= 0.3 is 0 Å². The van der Waals surface area contributed by atoms with E-state index >= 15 is 0 Å². The lowest BCUT2D eigenvalue weighted by Crippen LogP contribution is -2.42. The maximum atomic E-state index is 14.6. The number of nitrogens with one attached hydrogen (secondary N) is 1. The summed E-state index contributed by atoms with van der Waals surface area (Å²) in [7, 11) is 0. The number of aromatic nitrogens is 3. The van der Waals surface area contributed by atoms with Gasteiger partial charge in [0.25, 0.3) is 0 Å². The molecule has 0 saturated heterocycles. The van der Waals surface area contributed by atoms with Gasteiger partial charge in [-0.1, -0.05) is 60.7 Å². The Balaban J connectivity index is 1.55. The van der Waals surface area contributed by atoms with Crippen LogP contribution in [0.1, 0.15) is 33.2 Å². The van der Waals surface area contributed by atoms with Crippen LogP contribution in [0.5, 0.6) is 0 Å². The molecule has 1 N–H and O–H groups in total. The van der Waals surface area contributed by atoms with E-state index in [2.05, 4.69) is 10.3 Å². The van der Waals surface area contributed by atoms with Crippen molar-refractivity contribution >= 4 is 29.4 Å². The summed E-state index contributed by atoms with van der Waals surface area (Å²) in [4.78, 5) is 33.1. The van der Waals surface area contributed by atoms with Gasteiger partial charge in [-0.3, -0.25) is 19.5 Å². The number of nitrogens with zero attached hydrogens (tertiary/aromatic N) is 4. The lowest BCUT2D eigenvalue weighted by molar-refractivity contribution is -0.123. The van der Waals surface area contributed by atoms with E-state index in [1.807, 2.05) is 86.6 Å². The van der Waals surface area contributed by atoms with Gasteiger partial charge in [0.1, 0.15) is 18.2 Å². The van der Waals surface area contributed by atoms with Crippen LogP contribution in [0.15, 0.2) is 97.2 Å². The second-order valence-electron chi connectivity index (χ2n) is 10.4. The summed E-state index contributed by atoms with van der Waals surface area (Å²) in [5.41, 5.74) is 6.59. The molecule has 1 atom stereocenters. The lowest BCUT2D eigenvalue weighted by atomic mass is 9.99. The van der Waals surface area contributed by atoms with E-state index in [1.165, 1.54) is 28.8 Å². The van der Waals surface area contributed by atoms with Crippen LogP contribution in [0.3, 0.4) is 0 Å². The molecule has 43 heavy (non-hydrogen) atoms. The molecule has 2 aromatic heterocycles. The number of rotatable bonds is 7. The number of hydrogen-bond donors (Lipinski definition) is 1. The first-order valence-electron chi connectivity index (χ1n) is 14.0. The van der Waals surface area contributed by atoms with Gasteiger partial charge in [-0.25, -0.2) is 9.07 Å². The average molecular weight is 592 g/mol. The fourth-order valence-corrected chi connectivity index (χ4v) is 6.47. The molecule has 0 unspecified atom stereocenters. The third-order valence-electron chi connectivity index (χ3n) is 7.59. The summed E-state index contributed by atoms with van der Waals surface area (Å²) in [5.74, 6) is -0.308. The maximum Gasteiger partial charge on any atom is 0.240 e. The van der Waals surface area contributed by atoms with E-state index < -0.39 is 5.25 Å². The van der Waals surface area contributed by atoms with Crippen LogP contribution >= 0.6 is 11.8 Å². The minimum atomic E-state index is -0.412. The topological polar surface area (TPSA) is 80.1 Å². The zero-order valence-corrected chi connectivity index (χ0v) is 24.6. The van der Waals surface area contributed by atoms with Crippen molar-refractivity contribution in [1.82, 2.24) is 20.1 Å². The Bertz CT molecular complexity index is 1790. The predicted molar refractivity (Wildman–Crippen MR) is 168 cm³/mol. The highest BCUT2D eigenvalue weighted by Gasteiger charge is 2.38. The van der Waals surface area contributed by atoms with Crippen LogP contribution in [0.25, 0.3) is 16.9 Å². The maximum absolute atomic E-state index is 14.6. The Kier molecular flexibility index (Phi) is 8.07. The highest BCUT2D eigenvalue weighted by molar-refractivity contribution is 8.00. The van der Waals surface area contributed by atoms with Crippen molar-refractivity contribution in [2.45, 2.75) is 25.6 Å². The van der Waals surface area contributed by atoms with Gasteiger partial charge in [-0.05, 0) is 60.9 Å². The summed E-state index contributed by atoms with van der Waals surface area (Å²) < 4.78 is 16.4. The summed E-state index contributed by atoms with van der Waals surface area (Å²) in [6.45, 7) is 4.07. The molecule has 5 aromatic rings. The van der Waals surface area contributed by atoms with Crippen LogP contribution in [-0.4, -0.2) is 38.9 Å². The summed E-state index contributed by atoms with van der Waals surface area (Å²) in [5, 5.41) is 7.63. The van der Waals surface area contributed by atoms with E-state index in [0.717, 1.165) is 33.5 Å². The van der Waals surface area contributed by atoms with Crippen molar-refractivity contribution in [2.75, 3.05) is 17.2 Å². The number of hydrogen-bond acceptors (Lipinski definition) is 5. The van der Waals surface area contributed by atoms with E-state index in [4.69, 9.17) is 5.10 Å². The normalized spacial score (nSPS) is 14.7. The van der Waals surface area contributed by atoms with Gasteiger partial charge < -0.3 is 5.32 Å². The largest absolute Gasteiger partial charge is 0.349 e. The van der Waals surface area contributed by atoms with Crippen molar-refractivity contribution in [3.8, 4) is 16.9 Å². The molecule has 0 bridgehead atoms. The molecule has 7 nitrogen and oxygen atoms in total. The Morgan fingerprint density at radius 1 is 1.00 bits per heavy atom. The molecule has 9 heteroatoms. The minimum Gasteiger partial charge on any atom is -0.349 e. The fourth-order valence-electron chi connectivity index (χ4n) is 5.29. The van der Waals surface area contributed by atoms with Crippen LogP contribution < -0.4 is 10.2 Å². The Labute approximate surface area is 253 Å². The van der Waals surface area contributed by atoms with Crippen molar-refractivity contribution in [3.63, 3.8) is 0 Å². The third-order valence-corrected chi connectivity index (χ3v) is 8.84. The highest BCUT2D eigenvalue weighted by atomic mass is 32.2.